The number of fused-ring (bicyclic) bond motifs is 2. The molecule has 2 aromatic heterocycles. The van der Waals surface area contributed by atoms with Gasteiger partial charge in [0.2, 0.25) is 0 Å². The number of hydrogen-bond acceptors (Lipinski definition) is 5. The largest absolute Gasteiger partial charge is 0.506 e. The number of aromatic nitrogens is 2. The van der Waals surface area contributed by atoms with E-state index in [4.69, 9.17) is 0 Å². The maximum absolute atomic E-state index is 10.1. The maximum atomic E-state index is 10.1. The molecule has 0 aliphatic carbocycles. The Kier molecular flexibility index (Phi) is 4.84. The van der Waals surface area contributed by atoms with Crippen molar-refractivity contribution >= 4 is 21.8 Å². The summed E-state index contributed by atoms with van der Waals surface area (Å²) in [6, 6.07) is 15.4. The summed E-state index contributed by atoms with van der Waals surface area (Å²) in [5.41, 5.74) is 3.50. The van der Waals surface area contributed by atoms with Crippen LogP contribution in [0.3, 0.4) is 0 Å². The van der Waals surface area contributed by atoms with E-state index in [2.05, 4.69) is 28.7 Å². The molecule has 0 bridgehead atoms. The number of rotatable bonds is 5. The van der Waals surface area contributed by atoms with E-state index < -0.39 is 0 Å². The van der Waals surface area contributed by atoms with Crippen molar-refractivity contribution in [2.45, 2.75) is 33.0 Å². The summed E-state index contributed by atoms with van der Waals surface area (Å²) in [4.78, 5) is 11.0. The summed E-state index contributed by atoms with van der Waals surface area (Å²) >= 11 is 0. The van der Waals surface area contributed by atoms with Crippen LogP contribution < -0.4 is 0 Å². The smallest absolute Gasteiger partial charge is 0.141 e. The minimum Gasteiger partial charge on any atom is -0.506 e. The van der Waals surface area contributed by atoms with E-state index in [-0.39, 0.29) is 11.5 Å². The molecule has 0 radical (unpaired) electrons. The van der Waals surface area contributed by atoms with Crippen LogP contribution in [0, 0.1) is 0 Å². The molecule has 0 unspecified atom stereocenters. The summed E-state index contributed by atoms with van der Waals surface area (Å²) in [7, 11) is 0. The molecule has 0 fully saturated rings. The Bertz CT molecular complexity index is 1050. The van der Waals surface area contributed by atoms with Gasteiger partial charge < -0.3 is 10.2 Å². The third-order valence-electron chi connectivity index (χ3n) is 5.15. The number of phenolic OH excluding ortho intramolecular Hbond substituents is 2. The van der Waals surface area contributed by atoms with E-state index in [1.165, 1.54) is 0 Å². The molecule has 142 valence electrons. The molecule has 5 nitrogen and oxygen atoms in total. The Hall–Kier alpha value is -3.18. The number of phenols is 2. The molecular weight excluding hydrogens is 350 g/mol. The normalized spacial score (nSPS) is 11.7. The zero-order valence-electron chi connectivity index (χ0n) is 16.0. The van der Waals surface area contributed by atoms with Crippen molar-refractivity contribution in [3.05, 3.63) is 72.1 Å². The summed E-state index contributed by atoms with van der Waals surface area (Å²) in [5.74, 6) is 0.400. The molecule has 2 N–H and O–H groups in total. The zero-order chi connectivity index (χ0) is 19.7. The second kappa shape index (κ2) is 7.44. The van der Waals surface area contributed by atoms with Crippen molar-refractivity contribution in [3.63, 3.8) is 0 Å². The molecule has 0 amide bonds. The van der Waals surface area contributed by atoms with Crippen LogP contribution in [-0.4, -0.2) is 31.1 Å². The van der Waals surface area contributed by atoms with Gasteiger partial charge in [0, 0.05) is 42.3 Å². The van der Waals surface area contributed by atoms with Gasteiger partial charge in [0.1, 0.15) is 22.5 Å². The first-order chi connectivity index (χ1) is 13.5. The van der Waals surface area contributed by atoms with Crippen LogP contribution in [0.4, 0.5) is 0 Å². The van der Waals surface area contributed by atoms with E-state index in [1.807, 2.05) is 36.4 Å². The lowest BCUT2D eigenvalue weighted by Crippen LogP contribution is -2.30. The highest BCUT2D eigenvalue weighted by molar-refractivity contribution is 5.88. The fourth-order valence-electron chi connectivity index (χ4n) is 3.57. The van der Waals surface area contributed by atoms with Gasteiger partial charge in [-0.3, -0.25) is 14.9 Å². The highest BCUT2D eigenvalue weighted by Gasteiger charge is 2.16. The third-order valence-corrected chi connectivity index (χ3v) is 5.15. The fourth-order valence-corrected chi connectivity index (χ4v) is 3.57. The maximum Gasteiger partial charge on any atom is 0.141 e. The Balaban J connectivity index is 1.71. The van der Waals surface area contributed by atoms with E-state index in [0.717, 1.165) is 35.0 Å². The summed E-state index contributed by atoms with van der Waals surface area (Å²) in [6.07, 6.45) is 3.39. The van der Waals surface area contributed by atoms with Gasteiger partial charge in [-0.1, -0.05) is 24.3 Å². The molecule has 28 heavy (non-hydrogen) atoms. The van der Waals surface area contributed by atoms with E-state index in [0.29, 0.717) is 17.1 Å². The number of aromatic hydroxyl groups is 2. The summed E-state index contributed by atoms with van der Waals surface area (Å²) in [5, 5.41) is 22.2. The highest BCUT2D eigenvalue weighted by Crippen LogP contribution is 2.29. The third kappa shape index (κ3) is 3.37. The number of pyridine rings is 2. The predicted octanol–water partition coefficient (Wildman–Crippen LogP) is 4.60. The summed E-state index contributed by atoms with van der Waals surface area (Å²) < 4.78 is 0. The Morgan fingerprint density at radius 1 is 0.750 bits per heavy atom. The van der Waals surface area contributed by atoms with Gasteiger partial charge in [0.25, 0.3) is 0 Å². The summed E-state index contributed by atoms with van der Waals surface area (Å²) in [6.45, 7) is 5.79. The quantitative estimate of drug-likeness (QED) is 0.535. The van der Waals surface area contributed by atoms with Gasteiger partial charge in [-0.25, -0.2) is 0 Å². The predicted molar refractivity (Wildman–Crippen MR) is 111 cm³/mol. The van der Waals surface area contributed by atoms with Crippen LogP contribution in [-0.2, 0) is 13.1 Å². The Morgan fingerprint density at radius 2 is 1.21 bits per heavy atom. The molecular formula is C23H23N3O2. The van der Waals surface area contributed by atoms with Crippen molar-refractivity contribution in [1.82, 2.24) is 14.9 Å². The first kappa shape index (κ1) is 18.2. The second-order valence-electron chi connectivity index (χ2n) is 7.29. The van der Waals surface area contributed by atoms with Gasteiger partial charge in [-0.2, -0.15) is 0 Å². The van der Waals surface area contributed by atoms with Gasteiger partial charge in [-0.15, -0.1) is 0 Å². The minimum atomic E-state index is 0.200. The van der Waals surface area contributed by atoms with Crippen LogP contribution in [0.1, 0.15) is 25.0 Å². The SMILES string of the molecule is CC(C)N(Cc1ccc(O)c2ncccc12)Cc1ccc(O)c2ncccc12. The monoisotopic (exact) mass is 373 g/mol. The Labute approximate surface area is 163 Å². The standard InChI is InChI=1S/C23H23N3O2/c1-15(2)26(13-16-7-9-20(27)22-18(16)5-3-11-24-22)14-17-8-10-21(28)23-19(17)6-4-12-25-23/h3-12,15,27-28H,13-14H2,1-2H3. The topological polar surface area (TPSA) is 69.5 Å². The lowest BCUT2D eigenvalue weighted by atomic mass is 10.0. The molecule has 4 aromatic rings. The van der Waals surface area contributed by atoms with Gasteiger partial charge in [0.05, 0.1) is 0 Å². The van der Waals surface area contributed by atoms with Crippen LogP contribution in [0.5, 0.6) is 11.5 Å². The molecule has 0 atom stereocenters. The second-order valence-corrected chi connectivity index (χ2v) is 7.29. The molecule has 4 rings (SSSR count). The number of benzene rings is 2. The molecule has 0 saturated carbocycles. The average Bonchev–Trinajstić information content (AvgIpc) is 2.71. The van der Waals surface area contributed by atoms with E-state index in [9.17, 15) is 10.2 Å². The van der Waals surface area contributed by atoms with Crippen molar-refractivity contribution in [2.24, 2.45) is 0 Å². The van der Waals surface area contributed by atoms with Gasteiger partial charge in [0.15, 0.2) is 0 Å². The Morgan fingerprint density at radius 3 is 1.64 bits per heavy atom. The number of nitrogens with zero attached hydrogens (tertiary/aromatic N) is 3. The zero-order valence-corrected chi connectivity index (χ0v) is 16.0. The van der Waals surface area contributed by atoms with Crippen molar-refractivity contribution in [3.8, 4) is 11.5 Å². The van der Waals surface area contributed by atoms with Crippen LogP contribution in [0.2, 0.25) is 0 Å². The minimum absolute atomic E-state index is 0.200. The lowest BCUT2D eigenvalue weighted by molar-refractivity contribution is 0.205. The molecule has 2 aromatic carbocycles. The van der Waals surface area contributed by atoms with Crippen molar-refractivity contribution in [1.29, 1.82) is 0 Å². The molecule has 0 aliphatic heterocycles. The molecule has 2 heterocycles. The molecule has 0 aliphatic rings. The first-order valence-corrected chi connectivity index (χ1v) is 9.40. The average molecular weight is 373 g/mol. The van der Waals surface area contributed by atoms with Gasteiger partial charge in [-0.05, 0) is 49.2 Å². The highest BCUT2D eigenvalue weighted by atomic mass is 16.3. The van der Waals surface area contributed by atoms with Crippen LogP contribution in [0.15, 0.2) is 60.9 Å². The first-order valence-electron chi connectivity index (χ1n) is 9.40. The van der Waals surface area contributed by atoms with Gasteiger partial charge >= 0.3 is 0 Å². The van der Waals surface area contributed by atoms with Crippen LogP contribution >= 0.6 is 0 Å². The van der Waals surface area contributed by atoms with Crippen molar-refractivity contribution < 1.29 is 10.2 Å². The van der Waals surface area contributed by atoms with Crippen LogP contribution in [0.25, 0.3) is 21.8 Å². The fraction of sp³-hybridized carbons (Fsp3) is 0.217. The lowest BCUT2D eigenvalue weighted by Gasteiger charge is -2.28. The molecule has 5 heteroatoms. The number of hydrogen-bond donors (Lipinski definition) is 2. The van der Waals surface area contributed by atoms with E-state index >= 15 is 0 Å². The van der Waals surface area contributed by atoms with Crippen molar-refractivity contribution in [2.75, 3.05) is 0 Å². The molecule has 0 saturated heterocycles. The molecule has 0 spiro atoms. The van der Waals surface area contributed by atoms with E-state index in [1.54, 1.807) is 24.5 Å².